The zero-order valence-electron chi connectivity index (χ0n) is 14.9. The summed E-state index contributed by atoms with van der Waals surface area (Å²) in [5.41, 5.74) is 1.06. The molecule has 3 rings (SSSR count). The van der Waals surface area contributed by atoms with E-state index in [0.29, 0.717) is 50.3 Å². The highest BCUT2D eigenvalue weighted by atomic mass is 16.7. The first-order valence-corrected chi connectivity index (χ1v) is 9.01. The van der Waals surface area contributed by atoms with Gasteiger partial charge in [0, 0.05) is 43.1 Å². The number of carbonyl (C=O) groups excluding carboxylic acids is 2. The number of piperidine rings is 1. The molecule has 0 aliphatic carbocycles. The average molecular weight is 346 g/mol. The molecule has 0 aromatic heterocycles. The molecule has 25 heavy (non-hydrogen) atoms. The van der Waals surface area contributed by atoms with Crippen LogP contribution in [-0.2, 0) is 9.47 Å². The van der Waals surface area contributed by atoms with Gasteiger partial charge in [-0.1, -0.05) is 13.0 Å². The number of nitrogens with one attached hydrogen (secondary N) is 1. The minimum atomic E-state index is -0.491. The largest absolute Gasteiger partial charge is 0.350 e. The Kier molecular flexibility index (Phi) is 5.39. The molecule has 2 heterocycles. The Morgan fingerprint density at radius 3 is 2.48 bits per heavy atom. The molecular formula is C19H26N2O4. The molecule has 136 valence electrons. The standard InChI is InChI=1S/C19H26N2O4/c1-3-14(2)20-17(22)15-5-4-6-16(13-15)18(23)21-9-7-19(8-10-21)24-11-12-25-19/h4-6,13-14H,3,7-12H2,1-2H3,(H,20,22). The van der Waals surface area contributed by atoms with Crippen molar-refractivity contribution in [1.29, 1.82) is 0 Å². The van der Waals surface area contributed by atoms with Crippen LogP contribution in [0.2, 0.25) is 0 Å². The van der Waals surface area contributed by atoms with Crippen LogP contribution in [0, 0.1) is 0 Å². The van der Waals surface area contributed by atoms with Crippen LogP contribution < -0.4 is 5.32 Å². The van der Waals surface area contributed by atoms with E-state index in [0.717, 1.165) is 6.42 Å². The molecule has 1 aromatic rings. The van der Waals surface area contributed by atoms with E-state index in [4.69, 9.17) is 9.47 Å². The van der Waals surface area contributed by atoms with Crippen molar-refractivity contribution in [2.75, 3.05) is 26.3 Å². The molecule has 0 radical (unpaired) electrons. The smallest absolute Gasteiger partial charge is 0.253 e. The fourth-order valence-electron chi connectivity index (χ4n) is 3.22. The summed E-state index contributed by atoms with van der Waals surface area (Å²) in [7, 11) is 0. The van der Waals surface area contributed by atoms with Gasteiger partial charge in [-0.2, -0.15) is 0 Å². The van der Waals surface area contributed by atoms with Crippen LogP contribution in [0.1, 0.15) is 53.8 Å². The van der Waals surface area contributed by atoms with Gasteiger partial charge in [0.05, 0.1) is 13.2 Å². The van der Waals surface area contributed by atoms with Gasteiger partial charge in [-0.3, -0.25) is 9.59 Å². The fourth-order valence-corrected chi connectivity index (χ4v) is 3.22. The molecule has 1 N–H and O–H groups in total. The van der Waals surface area contributed by atoms with Crippen molar-refractivity contribution in [1.82, 2.24) is 10.2 Å². The number of hydrogen-bond donors (Lipinski definition) is 1. The van der Waals surface area contributed by atoms with Gasteiger partial charge in [0.1, 0.15) is 0 Å². The second-order valence-corrected chi connectivity index (χ2v) is 6.76. The number of benzene rings is 1. The van der Waals surface area contributed by atoms with Crippen LogP contribution in [0.15, 0.2) is 24.3 Å². The number of nitrogens with zero attached hydrogens (tertiary/aromatic N) is 1. The second kappa shape index (κ2) is 7.54. The van der Waals surface area contributed by atoms with E-state index in [1.54, 1.807) is 24.3 Å². The number of amides is 2. The number of likely N-dealkylation sites (tertiary alicyclic amines) is 1. The van der Waals surface area contributed by atoms with Gasteiger partial charge >= 0.3 is 0 Å². The molecule has 1 atom stereocenters. The third-order valence-corrected chi connectivity index (χ3v) is 4.99. The molecular weight excluding hydrogens is 320 g/mol. The third-order valence-electron chi connectivity index (χ3n) is 4.99. The van der Waals surface area contributed by atoms with Gasteiger partial charge in [-0.15, -0.1) is 0 Å². The molecule has 1 spiro atoms. The Hall–Kier alpha value is -1.92. The lowest BCUT2D eigenvalue weighted by Crippen LogP contribution is -2.47. The number of hydrogen-bond acceptors (Lipinski definition) is 4. The zero-order valence-corrected chi connectivity index (χ0v) is 14.9. The normalized spacial score (nSPS) is 20.5. The quantitative estimate of drug-likeness (QED) is 0.907. The first kappa shape index (κ1) is 17.9. The predicted octanol–water partition coefficient (Wildman–Crippen LogP) is 2.19. The Morgan fingerprint density at radius 2 is 1.84 bits per heavy atom. The fraction of sp³-hybridized carbons (Fsp3) is 0.579. The van der Waals surface area contributed by atoms with Gasteiger partial charge in [-0.05, 0) is 31.5 Å². The molecule has 6 nitrogen and oxygen atoms in total. The molecule has 1 unspecified atom stereocenters. The van der Waals surface area contributed by atoms with Crippen LogP contribution in [0.5, 0.6) is 0 Å². The molecule has 2 aliphatic heterocycles. The molecule has 2 amide bonds. The number of carbonyl (C=O) groups is 2. The van der Waals surface area contributed by atoms with E-state index in [1.165, 1.54) is 0 Å². The molecule has 1 aromatic carbocycles. The molecule has 0 bridgehead atoms. The minimum Gasteiger partial charge on any atom is -0.350 e. The molecule has 2 saturated heterocycles. The Labute approximate surface area is 148 Å². The highest BCUT2D eigenvalue weighted by molar-refractivity contribution is 5.99. The molecule has 0 saturated carbocycles. The lowest BCUT2D eigenvalue weighted by molar-refractivity contribution is -0.181. The van der Waals surface area contributed by atoms with Gasteiger partial charge in [0.25, 0.3) is 11.8 Å². The van der Waals surface area contributed by atoms with E-state index in [1.807, 2.05) is 18.7 Å². The zero-order chi connectivity index (χ0) is 17.9. The van der Waals surface area contributed by atoms with Crippen molar-refractivity contribution in [2.45, 2.75) is 44.9 Å². The third kappa shape index (κ3) is 4.02. The van der Waals surface area contributed by atoms with Gasteiger partial charge in [0.2, 0.25) is 0 Å². The van der Waals surface area contributed by atoms with Crippen LogP contribution in [0.25, 0.3) is 0 Å². The first-order valence-electron chi connectivity index (χ1n) is 9.01. The van der Waals surface area contributed by atoms with Gasteiger partial charge in [-0.25, -0.2) is 0 Å². The summed E-state index contributed by atoms with van der Waals surface area (Å²) >= 11 is 0. The Balaban J connectivity index is 1.64. The lowest BCUT2D eigenvalue weighted by atomic mass is 10.0. The SMILES string of the molecule is CCC(C)NC(=O)c1cccc(C(=O)N2CCC3(CC2)OCCO3)c1. The summed E-state index contributed by atoms with van der Waals surface area (Å²) in [6.45, 7) is 6.43. The summed E-state index contributed by atoms with van der Waals surface area (Å²) in [5.74, 6) is -0.685. The first-order chi connectivity index (χ1) is 12.0. The Bertz CT molecular complexity index is 630. The Morgan fingerprint density at radius 1 is 1.20 bits per heavy atom. The molecule has 6 heteroatoms. The molecule has 2 fully saturated rings. The maximum absolute atomic E-state index is 12.8. The summed E-state index contributed by atoms with van der Waals surface area (Å²) in [5, 5.41) is 2.93. The average Bonchev–Trinajstić information content (AvgIpc) is 3.09. The molecule has 2 aliphatic rings. The van der Waals surface area contributed by atoms with E-state index >= 15 is 0 Å². The van der Waals surface area contributed by atoms with Crippen molar-refractivity contribution >= 4 is 11.8 Å². The van der Waals surface area contributed by atoms with E-state index in [-0.39, 0.29) is 17.9 Å². The minimum absolute atomic E-state index is 0.0500. The van der Waals surface area contributed by atoms with Crippen LogP contribution in [0.4, 0.5) is 0 Å². The summed E-state index contributed by atoms with van der Waals surface area (Å²) in [6.07, 6.45) is 2.24. The lowest BCUT2D eigenvalue weighted by Gasteiger charge is -2.37. The van der Waals surface area contributed by atoms with Gasteiger partial charge in [0.15, 0.2) is 5.79 Å². The number of ether oxygens (including phenoxy) is 2. The van der Waals surface area contributed by atoms with Crippen molar-refractivity contribution < 1.29 is 19.1 Å². The van der Waals surface area contributed by atoms with Crippen LogP contribution in [0.3, 0.4) is 0 Å². The summed E-state index contributed by atoms with van der Waals surface area (Å²) < 4.78 is 11.4. The summed E-state index contributed by atoms with van der Waals surface area (Å²) in [4.78, 5) is 26.8. The topological polar surface area (TPSA) is 67.9 Å². The number of rotatable bonds is 4. The maximum atomic E-state index is 12.8. The predicted molar refractivity (Wildman–Crippen MR) is 93.4 cm³/mol. The van der Waals surface area contributed by atoms with E-state index < -0.39 is 5.79 Å². The van der Waals surface area contributed by atoms with Gasteiger partial charge < -0.3 is 19.7 Å². The van der Waals surface area contributed by atoms with Crippen LogP contribution in [-0.4, -0.2) is 54.8 Å². The van der Waals surface area contributed by atoms with E-state index in [9.17, 15) is 9.59 Å². The second-order valence-electron chi connectivity index (χ2n) is 6.76. The van der Waals surface area contributed by atoms with Crippen molar-refractivity contribution in [3.05, 3.63) is 35.4 Å². The highest BCUT2D eigenvalue weighted by Gasteiger charge is 2.40. The summed E-state index contributed by atoms with van der Waals surface area (Å²) in [6, 6.07) is 7.03. The maximum Gasteiger partial charge on any atom is 0.253 e. The van der Waals surface area contributed by atoms with Crippen LogP contribution >= 0.6 is 0 Å². The highest BCUT2D eigenvalue weighted by Crippen LogP contribution is 2.31. The van der Waals surface area contributed by atoms with E-state index in [2.05, 4.69) is 5.32 Å². The van der Waals surface area contributed by atoms with Crippen molar-refractivity contribution in [3.63, 3.8) is 0 Å². The monoisotopic (exact) mass is 346 g/mol. The van der Waals surface area contributed by atoms with Crippen molar-refractivity contribution in [2.24, 2.45) is 0 Å². The van der Waals surface area contributed by atoms with Crippen molar-refractivity contribution in [3.8, 4) is 0 Å².